The second kappa shape index (κ2) is 6.70. The van der Waals surface area contributed by atoms with E-state index in [2.05, 4.69) is 5.32 Å². The summed E-state index contributed by atoms with van der Waals surface area (Å²) in [5.41, 5.74) is -0.248. The average molecular weight is 306 g/mol. The molecule has 2 rings (SSSR count). The Labute approximate surface area is 122 Å². The van der Waals surface area contributed by atoms with E-state index in [1.807, 2.05) is 0 Å². The van der Waals surface area contributed by atoms with Gasteiger partial charge in [0.2, 0.25) is 0 Å². The van der Waals surface area contributed by atoms with E-state index in [1.165, 1.54) is 25.7 Å². The van der Waals surface area contributed by atoms with Crippen LogP contribution in [-0.2, 0) is 6.18 Å². The Hall–Kier alpha value is -0.900. The molecule has 1 aromatic rings. The third-order valence-electron chi connectivity index (χ3n) is 3.79. The molecule has 0 amide bonds. The van der Waals surface area contributed by atoms with Gasteiger partial charge in [-0.3, -0.25) is 0 Å². The van der Waals surface area contributed by atoms with Gasteiger partial charge in [0, 0.05) is 17.3 Å². The van der Waals surface area contributed by atoms with E-state index in [4.69, 9.17) is 11.6 Å². The minimum absolute atomic E-state index is 0.114. The molecule has 0 radical (unpaired) electrons. The molecule has 112 valence electrons. The molecule has 1 nitrogen and oxygen atoms in total. The van der Waals surface area contributed by atoms with Gasteiger partial charge in [0.15, 0.2) is 0 Å². The maximum atomic E-state index is 12.7. The van der Waals surface area contributed by atoms with Crippen molar-refractivity contribution in [2.24, 2.45) is 5.92 Å². The fraction of sp³-hybridized carbons (Fsp3) is 0.600. The Bertz CT molecular complexity index is 437. The second-order valence-electron chi connectivity index (χ2n) is 5.46. The summed E-state index contributed by atoms with van der Waals surface area (Å²) in [6.07, 6.45) is 2.92. The van der Waals surface area contributed by atoms with E-state index in [9.17, 15) is 13.2 Å². The van der Waals surface area contributed by atoms with Crippen LogP contribution in [0.25, 0.3) is 0 Å². The van der Waals surface area contributed by atoms with Crippen molar-refractivity contribution in [3.8, 4) is 0 Å². The van der Waals surface area contributed by atoms with E-state index in [1.54, 1.807) is 6.07 Å². The van der Waals surface area contributed by atoms with Crippen molar-refractivity contribution in [2.75, 3.05) is 11.9 Å². The van der Waals surface area contributed by atoms with Crippen molar-refractivity contribution in [2.45, 2.75) is 44.7 Å². The number of halogens is 4. The predicted octanol–water partition coefficient (Wildman–Crippen LogP) is 5.74. The summed E-state index contributed by atoms with van der Waals surface area (Å²) in [6.45, 7) is 0.720. The van der Waals surface area contributed by atoms with Gasteiger partial charge in [-0.1, -0.05) is 37.3 Å². The van der Waals surface area contributed by atoms with Gasteiger partial charge in [0.1, 0.15) is 0 Å². The Morgan fingerprint density at radius 1 is 1.05 bits per heavy atom. The van der Waals surface area contributed by atoms with Crippen LogP contribution >= 0.6 is 11.6 Å². The molecular weight excluding hydrogens is 287 g/mol. The Morgan fingerprint density at radius 3 is 2.30 bits per heavy atom. The molecule has 5 heteroatoms. The highest BCUT2D eigenvalue weighted by Gasteiger charge is 2.31. The zero-order valence-electron chi connectivity index (χ0n) is 11.3. The molecule has 0 aromatic heterocycles. The van der Waals surface area contributed by atoms with E-state index in [-0.39, 0.29) is 5.02 Å². The number of hydrogen-bond acceptors (Lipinski definition) is 1. The minimum Gasteiger partial charge on any atom is -0.385 e. The van der Waals surface area contributed by atoms with E-state index >= 15 is 0 Å². The lowest BCUT2D eigenvalue weighted by Crippen LogP contribution is -2.14. The lowest BCUT2D eigenvalue weighted by Gasteiger charge is -2.17. The van der Waals surface area contributed by atoms with Gasteiger partial charge < -0.3 is 5.32 Å². The third kappa shape index (κ3) is 4.58. The molecule has 0 heterocycles. The maximum absolute atomic E-state index is 12.7. The normalized spacial score (nSPS) is 17.8. The number of hydrogen-bond donors (Lipinski definition) is 1. The number of benzene rings is 1. The Kier molecular flexibility index (Phi) is 5.19. The molecule has 1 saturated carbocycles. The quantitative estimate of drug-likeness (QED) is 0.702. The van der Waals surface area contributed by atoms with Crippen LogP contribution in [0.3, 0.4) is 0 Å². The average Bonchev–Trinajstić information content (AvgIpc) is 2.63. The van der Waals surface area contributed by atoms with E-state index in [0.29, 0.717) is 11.6 Å². The van der Waals surface area contributed by atoms with E-state index in [0.717, 1.165) is 31.5 Å². The predicted molar refractivity (Wildman–Crippen MR) is 76.1 cm³/mol. The summed E-state index contributed by atoms with van der Waals surface area (Å²) in [4.78, 5) is 0. The first-order valence-corrected chi connectivity index (χ1v) is 7.44. The van der Waals surface area contributed by atoms with Crippen LogP contribution in [0.1, 0.15) is 44.1 Å². The fourth-order valence-corrected chi connectivity index (χ4v) is 2.92. The summed E-state index contributed by atoms with van der Waals surface area (Å²) < 4.78 is 38.1. The van der Waals surface area contributed by atoms with Crippen LogP contribution in [0.2, 0.25) is 5.02 Å². The molecule has 1 N–H and O–H groups in total. The molecule has 1 aliphatic rings. The van der Waals surface area contributed by atoms with Crippen molar-refractivity contribution in [1.82, 2.24) is 0 Å². The molecule has 1 aromatic carbocycles. The van der Waals surface area contributed by atoms with Crippen LogP contribution in [0, 0.1) is 5.92 Å². The number of alkyl halides is 3. The Balaban J connectivity index is 2.00. The van der Waals surface area contributed by atoms with Crippen LogP contribution in [-0.4, -0.2) is 6.54 Å². The maximum Gasteiger partial charge on any atom is 0.416 e. The monoisotopic (exact) mass is 305 g/mol. The first-order chi connectivity index (χ1) is 9.45. The highest BCUT2D eigenvalue weighted by molar-refractivity contribution is 6.30. The van der Waals surface area contributed by atoms with Crippen LogP contribution < -0.4 is 5.32 Å². The lowest BCUT2D eigenvalue weighted by molar-refractivity contribution is -0.137. The summed E-state index contributed by atoms with van der Waals surface area (Å²) in [5.74, 6) is 0.547. The van der Waals surface area contributed by atoms with Crippen molar-refractivity contribution in [3.05, 3.63) is 28.8 Å². The zero-order valence-corrected chi connectivity index (χ0v) is 12.0. The largest absolute Gasteiger partial charge is 0.416 e. The van der Waals surface area contributed by atoms with Gasteiger partial charge in [0.05, 0.1) is 5.56 Å². The number of anilines is 1. The molecule has 0 aliphatic heterocycles. The summed E-state index contributed by atoms with van der Waals surface area (Å²) >= 11 is 5.76. The first-order valence-electron chi connectivity index (χ1n) is 7.07. The number of nitrogens with one attached hydrogen (secondary N) is 1. The molecule has 0 saturated heterocycles. The molecule has 1 fully saturated rings. The molecular formula is C15H19ClF3N. The van der Waals surface area contributed by atoms with Gasteiger partial charge in [-0.25, -0.2) is 0 Å². The van der Waals surface area contributed by atoms with Gasteiger partial charge >= 0.3 is 6.18 Å². The first kappa shape index (κ1) is 15.5. The third-order valence-corrected chi connectivity index (χ3v) is 4.01. The van der Waals surface area contributed by atoms with Gasteiger partial charge in [-0.15, -0.1) is 0 Å². The van der Waals surface area contributed by atoms with Crippen molar-refractivity contribution in [1.29, 1.82) is 0 Å². The second-order valence-corrected chi connectivity index (χ2v) is 5.90. The molecule has 0 unspecified atom stereocenters. The van der Waals surface area contributed by atoms with Crippen LogP contribution in [0.4, 0.5) is 18.9 Å². The summed E-state index contributed by atoms with van der Waals surface area (Å²) in [6, 6.07) is 3.63. The van der Waals surface area contributed by atoms with Crippen molar-refractivity contribution in [3.63, 3.8) is 0 Å². The molecule has 1 aliphatic carbocycles. The van der Waals surface area contributed by atoms with Crippen molar-refractivity contribution < 1.29 is 13.2 Å². The molecule has 0 spiro atoms. The Morgan fingerprint density at radius 2 is 1.70 bits per heavy atom. The fourth-order valence-electron chi connectivity index (χ4n) is 2.69. The SMILES string of the molecule is FC(F)(F)c1cc(Cl)cc(NCC2CCCCCC2)c1. The highest BCUT2D eigenvalue weighted by atomic mass is 35.5. The smallest absolute Gasteiger partial charge is 0.385 e. The number of rotatable bonds is 3. The van der Waals surface area contributed by atoms with Crippen LogP contribution in [0.5, 0.6) is 0 Å². The van der Waals surface area contributed by atoms with Gasteiger partial charge in [-0.05, 0) is 37.0 Å². The van der Waals surface area contributed by atoms with E-state index < -0.39 is 11.7 Å². The highest BCUT2D eigenvalue weighted by Crippen LogP contribution is 2.33. The topological polar surface area (TPSA) is 12.0 Å². The standard InChI is InChI=1S/C15H19ClF3N/c16-13-7-12(15(17,18)19)8-14(9-13)20-10-11-5-3-1-2-4-6-11/h7-9,11,20H,1-6,10H2. The summed E-state index contributed by atoms with van der Waals surface area (Å²) in [7, 11) is 0. The van der Waals surface area contributed by atoms with Crippen LogP contribution in [0.15, 0.2) is 18.2 Å². The molecule has 0 atom stereocenters. The van der Waals surface area contributed by atoms with Gasteiger partial charge in [-0.2, -0.15) is 13.2 Å². The lowest BCUT2D eigenvalue weighted by atomic mass is 10.0. The minimum atomic E-state index is -4.36. The molecule has 0 bridgehead atoms. The summed E-state index contributed by atoms with van der Waals surface area (Å²) in [5, 5.41) is 3.23. The molecule has 20 heavy (non-hydrogen) atoms. The van der Waals surface area contributed by atoms with Gasteiger partial charge in [0.25, 0.3) is 0 Å². The zero-order chi connectivity index (χ0) is 14.6. The van der Waals surface area contributed by atoms with Crippen molar-refractivity contribution >= 4 is 17.3 Å².